The zero-order valence-corrected chi connectivity index (χ0v) is 21.1. The highest BCUT2D eigenvalue weighted by Gasteiger charge is 2.26. The lowest BCUT2D eigenvalue weighted by atomic mass is 10.1. The molecule has 0 spiro atoms. The Bertz CT molecular complexity index is 1330. The Morgan fingerprint density at radius 1 is 0.857 bits per heavy atom. The second-order valence-corrected chi connectivity index (χ2v) is 12.5. The maximum absolute atomic E-state index is 14.6. The topological polar surface area (TPSA) is 121 Å². The normalized spacial score (nSPS) is 17.2. The van der Waals surface area contributed by atoms with E-state index in [0.29, 0.717) is 37.4 Å². The number of primary sulfonamides is 1. The molecular weight excluding hydrogens is 495 g/mol. The molecule has 9 nitrogen and oxygen atoms in total. The first-order valence-corrected chi connectivity index (χ1v) is 14.8. The summed E-state index contributed by atoms with van der Waals surface area (Å²) in [5.41, 5.74) is 1.75. The van der Waals surface area contributed by atoms with Crippen LogP contribution in [-0.2, 0) is 31.1 Å². The highest BCUT2D eigenvalue weighted by atomic mass is 32.2. The number of halogens is 1. The summed E-state index contributed by atoms with van der Waals surface area (Å²) in [6, 6.07) is 8.51. The van der Waals surface area contributed by atoms with Gasteiger partial charge in [0.25, 0.3) is 0 Å². The van der Waals surface area contributed by atoms with Gasteiger partial charge in [-0.2, -0.15) is 0 Å². The Morgan fingerprint density at radius 2 is 1.43 bits per heavy atom. The Kier molecular flexibility index (Phi) is 7.07. The van der Waals surface area contributed by atoms with Gasteiger partial charge in [-0.25, -0.2) is 26.4 Å². The Labute approximate surface area is 205 Å². The molecule has 1 amide bonds. The quantitative estimate of drug-likeness (QED) is 0.606. The molecule has 2 fully saturated rings. The van der Waals surface area contributed by atoms with E-state index in [1.807, 2.05) is 0 Å². The Hall–Kier alpha value is -2.70. The van der Waals surface area contributed by atoms with Crippen LogP contribution in [0.1, 0.15) is 18.4 Å². The molecule has 2 N–H and O–H groups in total. The molecule has 2 aromatic rings. The van der Waals surface area contributed by atoms with Gasteiger partial charge in [0.2, 0.25) is 15.9 Å². The fourth-order valence-electron chi connectivity index (χ4n) is 4.59. The zero-order chi connectivity index (χ0) is 25.4. The van der Waals surface area contributed by atoms with Crippen molar-refractivity contribution in [2.75, 3.05) is 55.3 Å². The second-order valence-electron chi connectivity index (χ2n) is 8.96. The fraction of sp³-hybridized carbons (Fsp3) is 0.435. The van der Waals surface area contributed by atoms with Gasteiger partial charge in [0.1, 0.15) is 5.82 Å². The second kappa shape index (κ2) is 9.75. The number of hydrogen-bond acceptors (Lipinski definition) is 7. The van der Waals surface area contributed by atoms with Crippen LogP contribution in [0.5, 0.6) is 0 Å². The molecule has 4 rings (SSSR count). The van der Waals surface area contributed by atoms with Crippen molar-refractivity contribution < 1.29 is 26.0 Å². The molecule has 0 radical (unpaired) electrons. The molecule has 12 heteroatoms. The maximum Gasteiger partial charge on any atom is 0.238 e. The highest BCUT2D eigenvalue weighted by molar-refractivity contribution is 7.90. The van der Waals surface area contributed by atoms with Gasteiger partial charge < -0.3 is 14.7 Å². The van der Waals surface area contributed by atoms with Crippen molar-refractivity contribution >= 4 is 37.1 Å². The van der Waals surface area contributed by atoms with Gasteiger partial charge in [-0.15, -0.1) is 0 Å². The van der Waals surface area contributed by atoms with Crippen LogP contribution in [0.3, 0.4) is 0 Å². The van der Waals surface area contributed by atoms with Crippen molar-refractivity contribution in [2.45, 2.75) is 29.1 Å². The first-order chi connectivity index (χ1) is 16.4. The van der Waals surface area contributed by atoms with Gasteiger partial charge in [-0.05, 0) is 54.8 Å². The molecule has 0 saturated carbocycles. The van der Waals surface area contributed by atoms with Gasteiger partial charge in [0, 0.05) is 51.2 Å². The lowest BCUT2D eigenvalue weighted by Gasteiger charge is -2.36. The van der Waals surface area contributed by atoms with Crippen molar-refractivity contribution in [3.8, 4) is 0 Å². The minimum Gasteiger partial charge on any atom is -0.371 e. The van der Waals surface area contributed by atoms with Crippen LogP contribution < -0.4 is 14.9 Å². The van der Waals surface area contributed by atoms with E-state index in [4.69, 9.17) is 5.14 Å². The number of amides is 1. The Morgan fingerprint density at radius 3 is 2.00 bits per heavy atom. The summed E-state index contributed by atoms with van der Waals surface area (Å²) in [4.78, 5) is 18.6. The summed E-state index contributed by atoms with van der Waals surface area (Å²) in [6.07, 6.45) is 3.13. The molecule has 2 heterocycles. The summed E-state index contributed by atoms with van der Waals surface area (Å²) < 4.78 is 61.7. The number of nitrogens with two attached hydrogens (primary N) is 1. The van der Waals surface area contributed by atoms with E-state index in [0.717, 1.165) is 43.9 Å². The molecule has 0 aromatic heterocycles. The standard InChI is InChI=1S/C23H29FN4O5S2/c1-34(30,31)18-4-7-22(20(24)16-18)27-10-12-28(13-11-27)23(29)15-17-14-19(35(25,32)33)5-6-21(17)26-8-2-3-9-26/h4-7,14,16H,2-3,8-13,15H2,1H3,(H2,25,32,33). The van der Waals surface area contributed by atoms with Crippen LogP contribution in [0.4, 0.5) is 15.8 Å². The average molecular weight is 525 g/mol. The van der Waals surface area contributed by atoms with Gasteiger partial charge in [0.15, 0.2) is 9.84 Å². The summed E-state index contributed by atoms with van der Waals surface area (Å²) in [5, 5.41) is 5.31. The van der Waals surface area contributed by atoms with Gasteiger partial charge in [-0.3, -0.25) is 4.79 Å². The van der Waals surface area contributed by atoms with Crippen molar-refractivity contribution in [3.63, 3.8) is 0 Å². The van der Waals surface area contributed by atoms with E-state index in [1.165, 1.54) is 24.3 Å². The van der Waals surface area contributed by atoms with E-state index >= 15 is 0 Å². The molecule has 0 atom stereocenters. The third-order valence-corrected chi connectivity index (χ3v) is 8.51. The molecular formula is C23H29FN4O5S2. The van der Waals surface area contributed by atoms with Crippen LogP contribution >= 0.6 is 0 Å². The predicted molar refractivity (Wildman–Crippen MR) is 131 cm³/mol. The van der Waals surface area contributed by atoms with Crippen molar-refractivity contribution in [1.82, 2.24) is 4.90 Å². The van der Waals surface area contributed by atoms with Gasteiger partial charge in [-0.1, -0.05) is 0 Å². The minimum absolute atomic E-state index is 0.0268. The predicted octanol–water partition coefficient (Wildman–Crippen LogP) is 1.37. The number of sulfone groups is 1. The number of sulfonamides is 1. The lowest BCUT2D eigenvalue weighted by Crippen LogP contribution is -2.49. The van der Waals surface area contributed by atoms with Crippen LogP contribution in [-0.4, -0.2) is 73.2 Å². The van der Waals surface area contributed by atoms with Gasteiger partial charge in [0.05, 0.1) is 21.9 Å². The molecule has 35 heavy (non-hydrogen) atoms. The first kappa shape index (κ1) is 25.4. The smallest absolute Gasteiger partial charge is 0.238 e. The van der Waals surface area contributed by atoms with Crippen LogP contribution in [0.15, 0.2) is 46.2 Å². The summed E-state index contributed by atoms with van der Waals surface area (Å²) >= 11 is 0. The van der Waals surface area contributed by atoms with E-state index < -0.39 is 25.7 Å². The number of hydrogen-bond donors (Lipinski definition) is 1. The summed E-state index contributed by atoms with van der Waals surface area (Å²) in [6.45, 7) is 3.19. The molecule has 2 saturated heterocycles. The number of carbonyl (C=O) groups is 1. The third-order valence-electron chi connectivity index (χ3n) is 6.49. The third kappa shape index (κ3) is 5.76. The van der Waals surface area contributed by atoms with Crippen LogP contribution in [0, 0.1) is 5.82 Å². The molecule has 0 bridgehead atoms. The number of benzene rings is 2. The number of rotatable bonds is 6. The molecule has 190 valence electrons. The van der Waals surface area contributed by atoms with Crippen molar-refractivity contribution in [2.24, 2.45) is 5.14 Å². The number of anilines is 2. The van der Waals surface area contributed by atoms with E-state index in [1.54, 1.807) is 15.9 Å². The molecule has 0 unspecified atom stereocenters. The van der Waals surface area contributed by atoms with E-state index in [2.05, 4.69) is 4.90 Å². The minimum atomic E-state index is -3.90. The van der Waals surface area contributed by atoms with Crippen molar-refractivity contribution in [1.29, 1.82) is 0 Å². The number of nitrogens with zero attached hydrogens (tertiary/aromatic N) is 3. The van der Waals surface area contributed by atoms with Crippen LogP contribution in [0.2, 0.25) is 0 Å². The summed E-state index contributed by atoms with van der Waals surface area (Å²) in [7, 11) is -7.41. The first-order valence-electron chi connectivity index (χ1n) is 11.4. The van der Waals surface area contributed by atoms with Crippen molar-refractivity contribution in [3.05, 3.63) is 47.8 Å². The lowest BCUT2D eigenvalue weighted by molar-refractivity contribution is -0.130. The molecule has 2 aromatic carbocycles. The van der Waals surface area contributed by atoms with E-state index in [9.17, 15) is 26.0 Å². The summed E-state index contributed by atoms with van der Waals surface area (Å²) in [5.74, 6) is -0.771. The molecule has 0 aliphatic carbocycles. The number of carbonyl (C=O) groups excluding carboxylic acids is 1. The fourth-order valence-corrected chi connectivity index (χ4v) is 5.79. The average Bonchev–Trinajstić information content (AvgIpc) is 3.32. The Balaban J connectivity index is 1.47. The SMILES string of the molecule is CS(=O)(=O)c1ccc(N2CCN(C(=O)Cc3cc(S(N)(=O)=O)ccc3N3CCCC3)CC2)c(F)c1. The molecule has 2 aliphatic rings. The highest BCUT2D eigenvalue weighted by Crippen LogP contribution is 2.29. The van der Waals surface area contributed by atoms with E-state index in [-0.39, 0.29) is 22.1 Å². The van der Waals surface area contributed by atoms with Gasteiger partial charge >= 0.3 is 0 Å². The number of piperazine rings is 1. The maximum atomic E-state index is 14.6. The monoisotopic (exact) mass is 524 g/mol. The van der Waals surface area contributed by atoms with Crippen LogP contribution in [0.25, 0.3) is 0 Å². The largest absolute Gasteiger partial charge is 0.371 e. The molecule has 2 aliphatic heterocycles. The zero-order valence-electron chi connectivity index (χ0n) is 19.5.